The summed E-state index contributed by atoms with van der Waals surface area (Å²) in [6.07, 6.45) is 3.20. The molecule has 0 saturated heterocycles. The van der Waals surface area contributed by atoms with Gasteiger partial charge in [-0.1, -0.05) is 37.1 Å². The van der Waals surface area contributed by atoms with Crippen LogP contribution in [0, 0.1) is 23.2 Å². The molecular weight excluding hydrogens is 470 g/mol. The van der Waals surface area contributed by atoms with E-state index in [2.05, 4.69) is 27.0 Å². The van der Waals surface area contributed by atoms with Gasteiger partial charge >= 0.3 is 0 Å². The molecule has 2 aliphatic rings. The van der Waals surface area contributed by atoms with E-state index in [4.69, 9.17) is 4.74 Å². The van der Waals surface area contributed by atoms with Crippen LogP contribution in [0.15, 0.2) is 48.5 Å². The first-order valence-corrected chi connectivity index (χ1v) is 12.5. The van der Waals surface area contributed by atoms with Crippen LogP contribution in [-0.2, 0) is 16.0 Å². The standard InChI is InChI=1S/C28H29N5O4/c1-37-25-8-4-7-22-20(25)14-24(31-22)28(36)33-23(11-16-9-10-16)27(35)30-19(15-29)13-18-12-17-5-2-3-6-21(17)32-26(18)34/h2-8,14,16,18-19,23,31H,9-13H2,1H3,(H,30,35)(H,32,34)(H,33,36). The summed E-state index contributed by atoms with van der Waals surface area (Å²) in [7, 11) is 1.57. The fourth-order valence-corrected chi connectivity index (χ4v) is 4.89. The highest BCUT2D eigenvalue weighted by atomic mass is 16.5. The van der Waals surface area contributed by atoms with Gasteiger partial charge in [0.1, 0.15) is 23.5 Å². The van der Waals surface area contributed by atoms with Crippen molar-refractivity contribution < 1.29 is 19.1 Å². The number of amides is 3. The van der Waals surface area contributed by atoms with Crippen molar-refractivity contribution in [3.05, 3.63) is 59.8 Å². The Morgan fingerprint density at radius 2 is 1.95 bits per heavy atom. The first kappa shape index (κ1) is 24.4. The number of fused-ring (bicyclic) bond motifs is 2. The number of para-hydroxylation sites is 1. The minimum Gasteiger partial charge on any atom is -0.496 e. The molecule has 37 heavy (non-hydrogen) atoms. The highest BCUT2D eigenvalue weighted by molar-refractivity contribution is 6.01. The molecule has 0 bridgehead atoms. The molecule has 3 amide bonds. The molecule has 3 aromatic rings. The van der Waals surface area contributed by atoms with Crippen molar-refractivity contribution in [2.45, 2.75) is 44.2 Å². The highest BCUT2D eigenvalue weighted by Crippen LogP contribution is 2.34. The predicted molar refractivity (Wildman–Crippen MR) is 138 cm³/mol. The normalized spacial score (nSPS) is 18.2. The predicted octanol–water partition coefficient (Wildman–Crippen LogP) is 3.28. The van der Waals surface area contributed by atoms with Gasteiger partial charge in [0.25, 0.3) is 5.91 Å². The van der Waals surface area contributed by atoms with Crippen molar-refractivity contribution >= 4 is 34.3 Å². The van der Waals surface area contributed by atoms with E-state index in [1.165, 1.54) is 0 Å². The van der Waals surface area contributed by atoms with Crippen LogP contribution in [0.25, 0.3) is 10.9 Å². The monoisotopic (exact) mass is 499 g/mol. The highest BCUT2D eigenvalue weighted by Gasteiger charge is 2.34. The number of methoxy groups -OCH3 is 1. The zero-order valence-electron chi connectivity index (χ0n) is 20.5. The maximum Gasteiger partial charge on any atom is 0.268 e. The number of hydrogen-bond donors (Lipinski definition) is 4. The van der Waals surface area contributed by atoms with Gasteiger partial charge in [0.15, 0.2) is 0 Å². The Morgan fingerprint density at radius 3 is 2.70 bits per heavy atom. The summed E-state index contributed by atoms with van der Waals surface area (Å²) in [5.74, 6) is -0.415. The van der Waals surface area contributed by atoms with Crippen LogP contribution in [0.1, 0.15) is 41.7 Å². The maximum absolute atomic E-state index is 13.2. The third kappa shape index (κ3) is 5.43. The van der Waals surface area contributed by atoms with E-state index in [9.17, 15) is 19.6 Å². The van der Waals surface area contributed by atoms with Crippen LogP contribution in [-0.4, -0.2) is 41.9 Å². The second-order valence-corrected chi connectivity index (χ2v) is 9.78. The fraction of sp³-hybridized carbons (Fsp3) is 0.357. The Labute approximate surface area is 214 Å². The number of nitrogens with one attached hydrogen (secondary N) is 4. The van der Waals surface area contributed by atoms with E-state index in [0.717, 1.165) is 35.0 Å². The van der Waals surface area contributed by atoms with Crippen molar-refractivity contribution in [3.8, 4) is 11.8 Å². The van der Waals surface area contributed by atoms with E-state index < -0.39 is 29.8 Å². The fourth-order valence-electron chi connectivity index (χ4n) is 4.89. The third-order valence-electron chi connectivity index (χ3n) is 7.08. The van der Waals surface area contributed by atoms with Crippen LogP contribution < -0.4 is 20.7 Å². The number of nitrogens with zero attached hydrogens (tertiary/aromatic N) is 1. The molecule has 9 nitrogen and oxygen atoms in total. The second-order valence-electron chi connectivity index (χ2n) is 9.78. The molecule has 0 radical (unpaired) electrons. The van der Waals surface area contributed by atoms with Crippen LogP contribution in [0.5, 0.6) is 5.75 Å². The van der Waals surface area contributed by atoms with Gasteiger partial charge in [-0.2, -0.15) is 5.26 Å². The van der Waals surface area contributed by atoms with Gasteiger partial charge in [-0.05, 0) is 55.0 Å². The van der Waals surface area contributed by atoms with Crippen LogP contribution >= 0.6 is 0 Å². The number of aromatic amines is 1. The van der Waals surface area contributed by atoms with Gasteiger partial charge < -0.3 is 25.7 Å². The average Bonchev–Trinajstić information content (AvgIpc) is 3.61. The quantitative estimate of drug-likeness (QED) is 0.358. The maximum atomic E-state index is 13.2. The van der Waals surface area contributed by atoms with Crippen molar-refractivity contribution in [1.82, 2.24) is 15.6 Å². The van der Waals surface area contributed by atoms with Gasteiger partial charge in [-0.3, -0.25) is 14.4 Å². The van der Waals surface area contributed by atoms with E-state index in [1.54, 1.807) is 13.2 Å². The van der Waals surface area contributed by atoms with Crippen molar-refractivity contribution in [1.29, 1.82) is 5.26 Å². The number of ether oxygens (including phenoxy) is 1. The summed E-state index contributed by atoms with van der Waals surface area (Å²) >= 11 is 0. The van der Waals surface area contributed by atoms with Crippen molar-refractivity contribution in [2.75, 3.05) is 12.4 Å². The minimum absolute atomic E-state index is 0.162. The zero-order chi connectivity index (χ0) is 25.9. The number of rotatable bonds is 9. The lowest BCUT2D eigenvalue weighted by atomic mass is 9.88. The van der Waals surface area contributed by atoms with Crippen molar-refractivity contribution in [3.63, 3.8) is 0 Å². The SMILES string of the molecule is COc1cccc2[nH]c(C(=O)NC(CC3CC3)C(=O)NC(C#N)CC3Cc4ccccc4NC3=O)cc12. The number of H-pyrrole nitrogens is 1. The number of anilines is 1. The molecule has 1 fully saturated rings. The summed E-state index contributed by atoms with van der Waals surface area (Å²) in [4.78, 5) is 42.0. The molecule has 1 saturated carbocycles. The van der Waals surface area contributed by atoms with Crippen LogP contribution in [0.3, 0.4) is 0 Å². The first-order valence-electron chi connectivity index (χ1n) is 12.5. The number of hydrogen-bond acceptors (Lipinski definition) is 5. The summed E-state index contributed by atoms with van der Waals surface area (Å²) in [5, 5.41) is 19.0. The summed E-state index contributed by atoms with van der Waals surface area (Å²) in [5.41, 5.74) is 2.86. The Balaban J connectivity index is 1.26. The lowest BCUT2D eigenvalue weighted by Crippen LogP contribution is -2.50. The summed E-state index contributed by atoms with van der Waals surface area (Å²) < 4.78 is 5.37. The zero-order valence-corrected chi connectivity index (χ0v) is 20.5. The summed E-state index contributed by atoms with van der Waals surface area (Å²) in [6, 6.07) is 15.2. The topological polar surface area (TPSA) is 136 Å². The van der Waals surface area contributed by atoms with Crippen molar-refractivity contribution in [2.24, 2.45) is 11.8 Å². The molecule has 2 heterocycles. The Kier molecular flexibility index (Phi) is 6.82. The average molecular weight is 500 g/mol. The molecule has 3 unspecified atom stereocenters. The molecule has 5 rings (SSSR count). The molecule has 9 heteroatoms. The molecule has 190 valence electrons. The molecule has 1 aromatic heterocycles. The number of carbonyl (C=O) groups excluding carboxylic acids is 3. The third-order valence-corrected chi connectivity index (χ3v) is 7.08. The Hall–Kier alpha value is -4.32. The molecule has 2 aromatic carbocycles. The molecule has 3 atom stereocenters. The first-order chi connectivity index (χ1) is 17.9. The molecule has 1 aliphatic carbocycles. The largest absolute Gasteiger partial charge is 0.496 e. The number of carbonyl (C=O) groups is 3. The molecule has 1 aliphatic heterocycles. The lowest BCUT2D eigenvalue weighted by molar-refractivity contribution is -0.124. The van der Waals surface area contributed by atoms with E-state index in [-0.39, 0.29) is 12.3 Å². The Morgan fingerprint density at radius 1 is 1.14 bits per heavy atom. The Bertz CT molecular complexity index is 1390. The van der Waals surface area contributed by atoms with Gasteiger partial charge in [0, 0.05) is 22.5 Å². The van der Waals surface area contributed by atoms with Crippen LogP contribution in [0.4, 0.5) is 5.69 Å². The van der Waals surface area contributed by atoms with E-state index in [0.29, 0.717) is 30.2 Å². The molecule has 0 spiro atoms. The van der Waals surface area contributed by atoms with Gasteiger partial charge in [0.05, 0.1) is 13.2 Å². The lowest BCUT2D eigenvalue weighted by Gasteiger charge is -2.27. The minimum atomic E-state index is -0.857. The van der Waals surface area contributed by atoms with Crippen LogP contribution in [0.2, 0.25) is 0 Å². The molecular formula is C28H29N5O4. The number of aromatic nitrogens is 1. The second kappa shape index (κ2) is 10.3. The molecule has 4 N–H and O–H groups in total. The van der Waals surface area contributed by atoms with E-state index in [1.807, 2.05) is 42.5 Å². The van der Waals surface area contributed by atoms with E-state index >= 15 is 0 Å². The van der Waals surface area contributed by atoms with Gasteiger partial charge in [-0.15, -0.1) is 0 Å². The van der Waals surface area contributed by atoms with Gasteiger partial charge in [-0.25, -0.2) is 0 Å². The van der Waals surface area contributed by atoms with Gasteiger partial charge in [0.2, 0.25) is 11.8 Å². The number of benzene rings is 2. The number of nitriles is 1. The summed E-state index contributed by atoms with van der Waals surface area (Å²) in [6.45, 7) is 0. The smallest absolute Gasteiger partial charge is 0.268 e.